The molecule has 0 aliphatic carbocycles. The number of benzene rings is 1. The van der Waals surface area contributed by atoms with Crippen LogP contribution in [0, 0.1) is 0 Å². The van der Waals surface area contributed by atoms with E-state index < -0.39 is 15.6 Å². The van der Waals surface area contributed by atoms with Crippen LogP contribution in [0.25, 0.3) is 11.0 Å². The van der Waals surface area contributed by atoms with Crippen LogP contribution in [0.2, 0.25) is 0 Å². The van der Waals surface area contributed by atoms with E-state index in [1.54, 1.807) is 6.33 Å². The number of hydrogen-bond acceptors (Lipinski definition) is 3. The number of hydrogen-bond donors (Lipinski definition) is 2. The lowest BCUT2D eigenvalue weighted by atomic mass is 10.3. The monoisotopic (exact) mass is 286 g/mol. The third kappa shape index (κ3) is 4.31. The summed E-state index contributed by atoms with van der Waals surface area (Å²) in [6.45, 7) is 0. The summed E-state index contributed by atoms with van der Waals surface area (Å²) in [5, 5.41) is 0. The van der Waals surface area contributed by atoms with Crippen LogP contribution in [-0.2, 0) is 10.1 Å². The first-order valence-corrected chi connectivity index (χ1v) is 5.57. The van der Waals surface area contributed by atoms with Crippen LogP contribution in [0.15, 0.2) is 30.6 Å². The number of fused-ring (bicyclic) bond motifs is 1. The van der Waals surface area contributed by atoms with Crippen molar-refractivity contribution in [2.75, 3.05) is 0 Å². The van der Waals surface area contributed by atoms with Gasteiger partial charge in [-0.3, -0.25) is 4.55 Å². The Morgan fingerprint density at radius 2 is 1.72 bits per heavy atom. The van der Waals surface area contributed by atoms with Gasteiger partial charge in [-0.2, -0.15) is 21.6 Å². The number of imidazole rings is 1. The van der Waals surface area contributed by atoms with Gasteiger partial charge in [0.2, 0.25) is 0 Å². The van der Waals surface area contributed by atoms with E-state index in [-0.39, 0.29) is 5.48 Å². The molecular formula is C8H9F3N2O4S. The van der Waals surface area contributed by atoms with E-state index in [2.05, 4.69) is 9.97 Å². The highest BCUT2D eigenvalue weighted by Gasteiger charge is 2.44. The molecule has 0 unspecified atom stereocenters. The van der Waals surface area contributed by atoms with Crippen molar-refractivity contribution in [2.45, 2.75) is 5.51 Å². The second kappa shape index (κ2) is 5.80. The molecule has 18 heavy (non-hydrogen) atoms. The number of rotatable bonds is 0. The largest absolute Gasteiger partial charge is 0.522 e. The summed E-state index contributed by atoms with van der Waals surface area (Å²) >= 11 is 0. The summed E-state index contributed by atoms with van der Waals surface area (Å²) in [4.78, 5) is 7.07. The van der Waals surface area contributed by atoms with Crippen LogP contribution >= 0.6 is 0 Å². The van der Waals surface area contributed by atoms with Gasteiger partial charge in [0.15, 0.2) is 0 Å². The normalized spacial score (nSPS) is 11.3. The molecule has 0 saturated heterocycles. The van der Waals surface area contributed by atoms with Gasteiger partial charge in [0.25, 0.3) is 0 Å². The number of para-hydroxylation sites is 2. The minimum Gasteiger partial charge on any atom is -0.412 e. The standard InChI is InChI=1S/C7H6N2.CHF3O3S.H2O/c1-2-4-7-6(3-1)8-5-9-7;2-1(3,4)8(5,6)7;/h1-5H,(H,8,9);(H,5,6,7);1H2. The number of nitrogens with one attached hydrogen (secondary N) is 1. The first-order chi connectivity index (χ1) is 7.72. The van der Waals surface area contributed by atoms with Crippen molar-refractivity contribution in [3.05, 3.63) is 30.6 Å². The highest BCUT2D eigenvalue weighted by Crippen LogP contribution is 2.20. The zero-order valence-corrected chi connectivity index (χ0v) is 9.46. The Kier molecular flexibility index (Phi) is 5.27. The zero-order chi connectivity index (χ0) is 13.1. The predicted octanol–water partition coefficient (Wildman–Crippen LogP) is 1.13. The Morgan fingerprint density at radius 3 is 2.17 bits per heavy atom. The second-order valence-electron chi connectivity index (χ2n) is 2.84. The van der Waals surface area contributed by atoms with Gasteiger partial charge in [-0.25, -0.2) is 4.98 Å². The molecular weight excluding hydrogens is 277 g/mol. The van der Waals surface area contributed by atoms with E-state index in [9.17, 15) is 13.2 Å². The molecule has 0 amide bonds. The van der Waals surface area contributed by atoms with Gasteiger partial charge in [-0.1, -0.05) is 12.1 Å². The number of aromatic amines is 1. The average Bonchev–Trinajstić information content (AvgIpc) is 2.62. The van der Waals surface area contributed by atoms with Crippen molar-refractivity contribution < 1.29 is 31.6 Å². The third-order valence-corrected chi connectivity index (χ3v) is 2.21. The maximum atomic E-state index is 10.7. The Bertz CT molecular complexity index is 563. The first-order valence-electron chi connectivity index (χ1n) is 4.13. The van der Waals surface area contributed by atoms with Gasteiger partial charge < -0.3 is 10.5 Å². The molecule has 1 heterocycles. The van der Waals surface area contributed by atoms with E-state index >= 15 is 0 Å². The number of alkyl halides is 3. The molecule has 2 rings (SSSR count). The molecule has 0 saturated carbocycles. The first kappa shape index (κ1) is 16.4. The molecule has 0 spiro atoms. The minimum atomic E-state index is -5.84. The third-order valence-electron chi connectivity index (χ3n) is 1.62. The summed E-state index contributed by atoms with van der Waals surface area (Å²) in [5.74, 6) is 0. The van der Waals surface area contributed by atoms with Crippen molar-refractivity contribution in [1.29, 1.82) is 0 Å². The van der Waals surface area contributed by atoms with Crippen molar-refractivity contribution in [3.63, 3.8) is 0 Å². The molecule has 0 atom stereocenters. The Labute approximate surface area is 99.5 Å². The van der Waals surface area contributed by atoms with Crippen LogP contribution in [0.3, 0.4) is 0 Å². The molecule has 0 radical (unpaired) electrons. The topological polar surface area (TPSA) is 115 Å². The lowest BCUT2D eigenvalue weighted by Gasteiger charge is -1.97. The molecule has 1 aromatic heterocycles. The molecule has 0 bridgehead atoms. The highest BCUT2D eigenvalue weighted by molar-refractivity contribution is 7.86. The molecule has 4 N–H and O–H groups in total. The van der Waals surface area contributed by atoms with Gasteiger partial charge in [-0.05, 0) is 12.1 Å². The zero-order valence-electron chi connectivity index (χ0n) is 8.64. The summed E-state index contributed by atoms with van der Waals surface area (Å²) in [6.07, 6.45) is 1.70. The van der Waals surface area contributed by atoms with Crippen molar-refractivity contribution in [1.82, 2.24) is 9.97 Å². The van der Waals surface area contributed by atoms with E-state index in [0.29, 0.717) is 0 Å². The van der Waals surface area contributed by atoms with Crippen LogP contribution in [0.5, 0.6) is 0 Å². The van der Waals surface area contributed by atoms with Gasteiger partial charge in [0.1, 0.15) is 0 Å². The lowest BCUT2D eigenvalue weighted by Crippen LogP contribution is -2.21. The summed E-state index contributed by atoms with van der Waals surface area (Å²) < 4.78 is 57.5. The molecule has 0 aliphatic rings. The molecule has 2 aromatic rings. The maximum absolute atomic E-state index is 10.7. The molecule has 102 valence electrons. The van der Waals surface area contributed by atoms with Crippen molar-refractivity contribution >= 4 is 21.2 Å². The minimum absolute atomic E-state index is 0. The van der Waals surface area contributed by atoms with E-state index in [0.717, 1.165) is 11.0 Å². The number of halogens is 3. The van der Waals surface area contributed by atoms with Crippen LogP contribution < -0.4 is 0 Å². The van der Waals surface area contributed by atoms with Crippen LogP contribution in [-0.4, -0.2) is 33.9 Å². The fourth-order valence-electron chi connectivity index (χ4n) is 0.880. The van der Waals surface area contributed by atoms with Crippen LogP contribution in [0.4, 0.5) is 13.2 Å². The van der Waals surface area contributed by atoms with Gasteiger partial charge in [0.05, 0.1) is 17.4 Å². The lowest BCUT2D eigenvalue weighted by molar-refractivity contribution is -0.0510. The molecule has 1 aromatic carbocycles. The van der Waals surface area contributed by atoms with Crippen LogP contribution in [0.1, 0.15) is 0 Å². The van der Waals surface area contributed by atoms with Gasteiger partial charge in [0, 0.05) is 0 Å². The molecule has 0 fully saturated rings. The quantitative estimate of drug-likeness (QED) is 0.558. The summed E-state index contributed by atoms with van der Waals surface area (Å²) in [5.41, 5.74) is -3.41. The Hall–Kier alpha value is -1.65. The van der Waals surface area contributed by atoms with Gasteiger partial charge >= 0.3 is 15.6 Å². The van der Waals surface area contributed by atoms with Gasteiger partial charge in [-0.15, -0.1) is 0 Å². The summed E-state index contributed by atoms with van der Waals surface area (Å²) in [7, 11) is -5.84. The smallest absolute Gasteiger partial charge is 0.412 e. The average molecular weight is 286 g/mol. The van der Waals surface area contributed by atoms with E-state index in [1.165, 1.54) is 0 Å². The maximum Gasteiger partial charge on any atom is 0.522 e. The molecule has 10 heteroatoms. The van der Waals surface area contributed by atoms with E-state index in [4.69, 9.17) is 13.0 Å². The van der Waals surface area contributed by atoms with E-state index in [1.807, 2.05) is 24.3 Å². The SMILES string of the molecule is O.O=S(=O)(O)C(F)(F)F.c1ccc2[nH]cnc2c1. The summed E-state index contributed by atoms with van der Waals surface area (Å²) in [6, 6.07) is 7.94. The highest BCUT2D eigenvalue weighted by atomic mass is 32.2. The predicted molar refractivity (Wildman–Crippen MR) is 57.3 cm³/mol. The van der Waals surface area contributed by atoms with Crippen molar-refractivity contribution in [2.24, 2.45) is 0 Å². The number of nitrogens with zero attached hydrogens (tertiary/aromatic N) is 1. The fourth-order valence-corrected chi connectivity index (χ4v) is 0.880. The van der Waals surface area contributed by atoms with Crippen molar-refractivity contribution in [3.8, 4) is 0 Å². The Morgan fingerprint density at radius 1 is 1.22 bits per heavy atom. The molecule has 0 aliphatic heterocycles. The number of aromatic nitrogens is 2. The molecule has 6 nitrogen and oxygen atoms in total. The second-order valence-corrected chi connectivity index (χ2v) is 4.25. The number of H-pyrrole nitrogens is 1. The Balaban J connectivity index is 0.000000308. The fraction of sp³-hybridized carbons (Fsp3) is 0.125.